The van der Waals surface area contributed by atoms with Gasteiger partial charge in [-0.2, -0.15) is 0 Å². The molecular weight excluding hydrogens is 258 g/mol. The number of rotatable bonds is 8. The van der Waals surface area contributed by atoms with Crippen molar-refractivity contribution >= 4 is 5.78 Å². The summed E-state index contributed by atoms with van der Waals surface area (Å²) in [6.07, 6.45) is 3.71. The number of hydrogen-bond donors (Lipinski definition) is 0. The summed E-state index contributed by atoms with van der Waals surface area (Å²) < 4.78 is 26.0. The van der Waals surface area contributed by atoms with Crippen LogP contribution in [0.4, 0.5) is 8.78 Å². The molecule has 1 rings (SSSR count). The Balaban J connectivity index is 2.65. The van der Waals surface area contributed by atoms with Gasteiger partial charge in [-0.15, -0.1) is 0 Å². The van der Waals surface area contributed by atoms with Crippen molar-refractivity contribution < 1.29 is 13.6 Å². The highest BCUT2D eigenvalue weighted by Crippen LogP contribution is 2.25. The average Bonchev–Trinajstić information content (AvgIpc) is 2.45. The van der Waals surface area contributed by atoms with E-state index in [1.165, 1.54) is 12.1 Å². The molecule has 112 valence electrons. The Morgan fingerprint density at radius 3 is 2.45 bits per heavy atom. The molecule has 2 unspecified atom stereocenters. The minimum Gasteiger partial charge on any atom is -0.300 e. The maximum atomic E-state index is 13.2. The third kappa shape index (κ3) is 5.03. The Morgan fingerprint density at radius 2 is 1.90 bits per heavy atom. The molecule has 0 radical (unpaired) electrons. The number of ketones is 1. The van der Waals surface area contributed by atoms with Crippen molar-refractivity contribution in [3.63, 3.8) is 0 Å². The predicted octanol–water partition coefficient (Wildman–Crippen LogP) is 4.93. The van der Waals surface area contributed by atoms with E-state index in [1.54, 1.807) is 6.07 Å². The molecule has 3 heteroatoms. The zero-order chi connectivity index (χ0) is 15.1. The van der Waals surface area contributed by atoms with Crippen molar-refractivity contribution in [3.05, 3.63) is 35.4 Å². The van der Waals surface area contributed by atoms with Crippen LogP contribution in [-0.2, 0) is 11.2 Å². The summed E-state index contributed by atoms with van der Waals surface area (Å²) in [7, 11) is 0. The van der Waals surface area contributed by atoms with Crippen LogP contribution in [0, 0.1) is 23.5 Å². The van der Waals surface area contributed by atoms with Gasteiger partial charge >= 0.3 is 0 Å². The van der Waals surface area contributed by atoms with E-state index in [2.05, 4.69) is 13.8 Å². The van der Waals surface area contributed by atoms with Crippen LogP contribution in [-0.4, -0.2) is 5.78 Å². The lowest BCUT2D eigenvalue weighted by molar-refractivity contribution is -0.120. The summed E-state index contributed by atoms with van der Waals surface area (Å²) in [6.45, 7) is 6.15. The van der Waals surface area contributed by atoms with Crippen molar-refractivity contribution in [1.82, 2.24) is 0 Å². The lowest BCUT2D eigenvalue weighted by atomic mass is 9.83. The van der Waals surface area contributed by atoms with E-state index in [0.29, 0.717) is 31.1 Å². The van der Waals surface area contributed by atoms with E-state index in [1.807, 2.05) is 6.92 Å². The van der Waals surface area contributed by atoms with Gasteiger partial charge in [0.05, 0.1) is 0 Å². The van der Waals surface area contributed by atoms with Gasteiger partial charge in [-0.3, -0.25) is 4.79 Å². The van der Waals surface area contributed by atoms with Crippen molar-refractivity contribution in [2.75, 3.05) is 0 Å². The van der Waals surface area contributed by atoms with Crippen LogP contribution >= 0.6 is 0 Å². The molecule has 0 saturated heterocycles. The monoisotopic (exact) mass is 282 g/mol. The van der Waals surface area contributed by atoms with E-state index in [0.717, 1.165) is 18.4 Å². The second-order valence-corrected chi connectivity index (χ2v) is 5.53. The highest BCUT2D eigenvalue weighted by Gasteiger charge is 2.18. The first-order valence-corrected chi connectivity index (χ1v) is 7.43. The summed E-state index contributed by atoms with van der Waals surface area (Å²) >= 11 is 0. The molecule has 0 aliphatic carbocycles. The molecule has 0 fully saturated rings. The Morgan fingerprint density at radius 1 is 1.20 bits per heavy atom. The molecule has 1 aromatic carbocycles. The molecule has 0 aromatic heterocycles. The van der Waals surface area contributed by atoms with Gasteiger partial charge in [0.2, 0.25) is 0 Å². The Labute approximate surface area is 120 Å². The summed E-state index contributed by atoms with van der Waals surface area (Å²) in [5.74, 6) is -0.544. The minimum atomic E-state index is -0.812. The highest BCUT2D eigenvalue weighted by atomic mass is 19.2. The topological polar surface area (TPSA) is 17.1 Å². The number of Topliss-reactive ketones (excluding diaryl/α,β-unsaturated/α-hetero) is 1. The van der Waals surface area contributed by atoms with Gasteiger partial charge in [0.15, 0.2) is 11.6 Å². The predicted molar refractivity (Wildman–Crippen MR) is 77.5 cm³/mol. The van der Waals surface area contributed by atoms with Gasteiger partial charge in [-0.05, 0) is 42.4 Å². The van der Waals surface area contributed by atoms with Crippen molar-refractivity contribution in [3.8, 4) is 0 Å². The Kier molecular flexibility index (Phi) is 6.83. The fourth-order valence-electron chi connectivity index (χ4n) is 2.41. The fraction of sp³-hybridized carbons (Fsp3) is 0.588. The van der Waals surface area contributed by atoms with E-state index in [-0.39, 0.29) is 5.78 Å². The smallest absolute Gasteiger partial charge is 0.159 e. The maximum Gasteiger partial charge on any atom is 0.159 e. The third-order valence-corrected chi connectivity index (χ3v) is 4.12. The van der Waals surface area contributed by atoms with E-state index in [9.17, 15) is 13.6 Å². The summed E-state index contributed by atoms with van der Waals surface area (Å²) in [5.41, 5.74) is 0.793. The molecule has 1 nitrogen and oxygen atoms in total. The lowest BCUT2D eigenvalue weighted by Crippen LogP contribution is -2.16. The maximum absolute atomic E-state index is 13.2. The zero-order valence-corrected chi connectivity index (χ0v) is 12.6. The van der Waals surface area contributed by atoms with Crippen molar-refractivity contribution in [2.45, 2.75) is 52.9 Å². The number of carbonyl (C=O) groups excluding carboxylic acids is 1. The van der Waals surface area contributed by atoms with Crippen LogP contribution in [0.2, 0.25) is 0 Å². The largest absolute Gasteiger partial charge is 0.300 e. The quantitative estimate of drug-likeness (QED) is 0.660. The molecule has 0 saturated carbocycles. The van der Waals surface area contributed by atoms with Crippen molar-refractivity contribution in [1.29, 1.82) is 0 Å². The van der Waals surface area contributed by atoms with Crippen LogP contribution in [0.3, 0.4) is 0 Å². The molecular formula is C17H24F2O. The number of halogens is 2. The molecule has 0 heterocycles. The van der Waals surface area contributed by atoms with Crippen LogP contribution in [0.15, 0.2) is 18.2 Å². The van der Waals surface area contributed by atoms with Gasteiger partial charge < -0.3 is 0 Å². The van der Waals surface area contributed by atoms with Gasteiger partial charge in [0.25, 0.3) is 0 Å². The normalized spacial score (nSPS) is 14.1. The van der Waals surface area contributed by atoms with Crippen LogP contribution in [0.25, 0.3) is 0 Å². The number of aryl methyl sites for hydroxylation is 1. The van der Waals surface area contributed by atoms with Crippen LogP contribution in [0.5, 0.6) is 0 Å². The molecule has 0 aliphatic heterocycles. The first-order valence-electron chi connectivity index (χ1n) is 7.43. The molecule has 1 aromatic rings. The Bertz CT molecular complexity index is 443. The first-order chi connectivity index (χ1) is 9.47. The molecule has 2 atom stereocenters. The number of benzene rings is 1. The molecule has 0 aliphatic rings. The zero-order valence-electron chi connectivity index (χ0n) is 12.6. The second kappa shape index (κ2) is 8.13. The molecule has 0 bridgehead atoms. The summed E-state index contributed by atoms with van der Waals surface area (Å²) in [5, 5.41) is 0. The van der Waals surface area contributed by atoms with E-state index >= 15 is 0 Å². The average molecular weight is 282 g/mol. The van der Waals surface area contributed by atoms with Gasteiger partial charge in [-0.1, -0.05) is 33.3 Å². The Hall–Kier alpha value is -1.25. The van der Waals surface area contributed by atoms with E-state index in [4.69, 9.17) is 0 Å². The molecule has 20 heavy (non-hydrogen) atoms. The van der Waals surface area contributed by atoms with E-state index < -0.39 is 11.6 Å². The summed E-state index contributed by atoms with van der Waals surface area (Å²) in [6, 6.07) is 4.04. The standard InChI is InChI=1S/C17H24F2O/c1-4-12(3)14(11-15(20)5-2)8-6-13-7-9-16(18)17(19)10-13/h7,9-10,12,14H,4-6,8,11H2,1-3H3. The lowest BCUT2D eigenvalue weighted by Gasteiger charge is -2.22. The minimum absolute atomic E-state index is 0.278. The SMILES string of the molecule is CCC(=O)CC(CCc1ccc(F)c(F)c1)C(C)CC. The van der Waals surface area contributed by atoms with Crippen LogP contribution < -0.4 is 0 Å². The molecule has 0 spiro atoms. The first kappa shape index (κ1) is 16.8. The molecule has 0 amide bonds. The van der Waals surface area contributed by atoms with Crippen LogP contribution in [0.1, 0.15) is 52.0 Å². The summed E-state index contributed by atoms with van der Waals surface area (Å²) in [4.78, 5) is 11.6. The number of carbonyl (C=O) groups is 1. The van der Waals surface area contributed by atoms with Gasteiger partial charge in [0.1, 0.15) is 5.78 Å². The highest BCUT2D eigenvalue weighted by molar-refractivity contribution is 5.78. The van der Waals surface area contributed by atoms with Gasteiger partial charge in [0, 0.05) is 12.8 Å². The van der Waals surface area contributed by atoms with Gasteiger partial charge in [-0.25, -0.2) is 8.78 Å². The van der Waals surface area contributed by atoms with Crippen molar-refractivity contribution in [2.24, 2.45) is 11.8 Å². The number of hydrogen-bond acceptors (Lipinski definition) is 1. The third-order valence-electron chi connectivity index (χ3n) is 4.12. The molecule has 0 N–H and O–H groups in total. The second-order valence-electron chi connectivity index (χ2n) is 5.53. The fourth-order valence-corrected chi connectivity index (χ4v) is 2.41.